The van der Waals surface area contributed by atoms with Crippen molar-refractivity contribution in [1.29, 1.82) is 0 Å². The highest BCUT2D eigenvalue weighted by Crippen LogP contribution is 2.33. The number of pyridine rings is 1. The van der Waals surface area contributed by atoms with Crippen molar-refractivity contribution in [1.82, 2.24) is 9.29 Å². The summed E-state index contributed by atoms with van der Waals surface area (Å²) < 4.78 is 38.4. The van der Waals surface area contributed by atoms with Gasteiger partial charge in [0.2, 0.25) is 10.0 Å². The molecule has 9 heteroatoms. The number of sulfonamides is 1. The SMILES string of the molecule is COC(=O)c1cnc(N2CCC(c3ccccc3)CC2)c(S(=O)(=O)N2CCOCC2)c1. The molecule has 1 aromatic heterocycles. The van der Waals surface area contributed by atoms with Crippen LogP contribution < -0.4 is 4.90 Å². The van der Waals surface area contributed by atoms with E-state index in [1.807, 2.05) is 23.1 Å². The van der Waals surface area contributed by atoms with E-state index in [0.717, 1.165) is 12.8 Å². The molecule has 2 aliphatic rings. The number of piperidine rings is 1. The number of hydrogen-bond acceptors (Lipinski definition) is 7. The first-order valence-electron chi connectivity index (χ1n) is 10.5. The molecule has 8 nitrogen and oxygen atoms in total. The maximum absolute atomic E-state index is 13.5. The third kappa shape index (κ3) is 4.58. The maximum atomic E-state index is 13.5. The van der Waals surface area contributed by atoms with Gasteiger partial charge < -0.3 is 14.4 Å². The monoisotopic (exact) mass is 445 g/mol. The molecule has 2 aromatic rings. The second kappa shape index (κ2) is 9.33. The van der Waals surface area contributed by atoms with E-state index < -0.39 is 16.0 Å². The van der Waals surface area contributed by atoms with E-state index in [1.54, 1.807) is 0 Å². The lowest BCUT2D eigenvalue weighted by Gasteiger charge is -2.35. The number of aromatic nitrogens is 1. The lowest BCUT2D eigenvalue weighted by atomic mass is 9.89. The average molecular weight is 446 g/mol. The first-order valence-corrected chi connectivity index (χ1v) is 11.9. The van der Waals surface area contributed by atoms with Gasteiger partial charge in [-0.2, -0.15) is 4.31 Å². The van der Waals surface area contributed by atoms with Crippen molar-refractivity contribution in [3.8, 4) is 0 Å². The molecule has 0 atom stereocenters. The van der Waals surface area contributed by atoms with E-state index in [0.29, 0.717) is 38.0 Å². The fourth-order valence-corrected chi connectivity index (χ4v) is 5.77. The highest BCUT2D eigenvalue weighted by Gasteiger charge is 2.33. The number of esters is 1. The van der Waals surface area contributed by atoms with Crippen LogP contribution in [-0.2, 0) is 19.5 Å². The van der Waals surface area contributed by atoms with Crippen molar-refractivity contribution < 1.29 is 22.7 Å². The topological polar surface area (TPSA) is 89.0 Å². The van der Waals surface area contributed by atoms with E-state index in [4.69, 9.17) is 9.47 Å². The van der Waals surface area contributed by atoms with Crippen molar-refractivity contribution in [3.63, 3.8) is 0 Å². The van der Waals surface area contributed by atoms with E-state index in [9.17, 15) is 13.2 Å². The van der Waals surface area contributed by atoms with Crippen LogP contribution in [0.25, 0.3) is 0 Å². The summed E-state index contributed by atoms with van der Waals surface area (Å²) in [6, 6.07) is 11.8. The van der Waals surface area contributed by atoms with Crippen molar-refractivity contribution in [3.05, 3.63) is 53.7 Å². The second-order valence-electron chi connectivity index (χ2n) is 7.73. The predicted molar refractivity (Wildman–Crippen MR) is 116 cm³/mol. The highest BCUT2D eigenvalue weighted by molar-refractivity contribution is 7.89. The summed E-state index contributed by atoms with van der Waals surface area (Å²) in [7, 11) is -2.57. The number of nitrogens with zero attached hydrogens (tertiary/aromatic N) is 3. The van der Waals surface area contributed by atoms with Crippen LogP contribution in [0.3, 0.4) is 0 Å². The summed E-state index contributed by atoms with van der Waals surface area (Å²) in [4.78, 5) is 18.5. The predicted octanol–water partition coefficient (Wildman–Crippen LogP) is 2.27. The number of hydrogen-bond donors (Lipinski definition) is 0. The summed E-state index contributed by atoms with van der Waals surface area (Å²) in [5, 5.41) is 0. The molecule has 2 fully saturated rings. The molecule has 31 heavy (non-hydrogen) atoms. The second-order valence-corrected chi connectivity index (χ2v) is 9.63. The van der Waals surface area contributed by atoms with Gasteiger partial charge in [0.1, 0.15) is 10.7 Å². The van der Waals surface area contributed by atoms with Gasteiger partial charge in [-0.3, -0.25) is 0 Å². The number of carbonyl (C=O) groups is 1. The van der Waals surface area contributed by atoms with Gasteiger partial charge in [-0.15, -0.1) is 0 Å². The Labute approximate surface area is 182 Å². The standard InChI is InChI=1S/C22H27N3O5S/c1-29-22(26)19-15-20(31(27,28)25-11-13-30-14-12-25)21(23-16-19)24-9-7-18(8-10-24)17-5-3-2-4-6-17/h2-6,15-16,18H,7-14H2,1H3. The van der Waals surface area contributed by atoms with Gasteiger partial charge >= 0.3 is 5.97 Å². The summed E-state index contributed by atoms with van der Waals surface area (Å²) in [5.41, 5.74) is 1.43. The molecular weight excluding hydrogens is 418 g/mol. The minimum Gasteiger partial charge on any atom is -0.465 e. The van der Waals surface area contributed by atoms with Crippen LogP contribution in [-0.4, -0.2) is 70.2 Å². The Kier molecular flexibility index (Phi) is 6.54. The van der Waals surface area contributed by atoms with Gasteiger partial charge in [0.25, 0.3) is 0 Å². The van der Waals surface area contributed by atoms with Crippen LogP contribution in [0, 0.1) is 0 Å². The number of benzene rings is 1. The van der Waals surface area contributed by atoms with E-state index in [1.165, 1.54) is 29.2 Å². The summed E-state index contributed by atoms with van der Waals surface area (Å²) in [5.74, 6) is 0.219. The molecule has 4 rings (SSSR count). The molecular formula is C22H27N3O5S. The van der Waals surface area contributed by atoms with Crippen LogP contribution in [0.1, 0.15) is 34.7 Å². The molecule has 0 aliphatic carbocycles. The molecule has 1 aromatic carbocycles. The highest BCUT2D eigenvalue weighted by atomic mass is 32.2. The van der Waals surface area contributed by atoms with E-state index in [2.05, 4.69) is 17.1 Å². The Morgan fingerprint density at radius 1 is 1.10 bits per heavy atom. The Morgan fingerprint density at radius 3 is 2.42 bits per heavy atom. The zero-order valence-corrected chi connectivity index (χ0v) is 18.4. The molecule has 2 saturated heterocycles. The third-order valence-corrected chi connectivity index (χ3v) is 7.81. The van der Waals surface area contributed by atoms with Crippen molar-refractivity contribution >= 4 is 21.8 Å². The number of rotatable bonds is 5. The van der Waals surface area contributed by atoms with Gasteiger partial charge in [-0.25, -0.2) is 18.2 Å². The van der Waals surface area contributed by atoms with E-state index >= 15 is 0 Å². The number of ether oxygens (including phenoxy) is 2. The van der Waals surface area contributed by atoms with Crippen molar-refractivity contribution in [2.45, 2.75) is 23.7 Å². The Bertz CT molecular complexity index is 1010. The van der Waals surface area contributed by atoms with Crippen LogP contribution >= 0.6 is 0 Å². The first-order chi connectivity index (χ1) is 15.0. The van der Waals surface area contributed by atoms with Crippen LogP contribution in [0.2, 0.25) is 0 Å². The minimum absolute atomic E-state index is 0.0514. The number of morpholine rings is 1. The van der Waals surface area contributed by atoms with Crippen LogP contribution in [0.5, 0.6) is 0 Å². The zero-order chi connectivity index (χ0) is 21.8. The molecule has 0 radical (unpaired) electrons. The Hall–Kier alpha value is -2.49. The third-order valence-electron chi connectivity index (χ3n) is 5.91. The normalized spacial score (nSPS) is 18.7. The summed E-state index contributed by atoms with van der Waals surface area (Å²) >= 11 is 0. The Balaban J connectivity index is 1.63. The van der Waals surface area contributed by atoms with Gasteiger partial charge in [-0.05, 0) is 30.4 Å². The number of methoxy groups -OCH3 is 1. The number of anilines is 1. The van der Waals surface area contributed by atoms with E-state index in [-0.39, 0.29) is 23.5 Å². The fraction of sp³-hybridized carbons (Fsp3) is 0.455. The van der Waals surface area contributed by atoms with Gasteiger partial charge in [-0.1, -0.05) is 30.3 Å². The van der Waals surface area contributed by atoms with Gasteiger partial charge in [0, 0.05) is 32.4 Å². The average Bonchev–Trinajstić information content (AvgIpc) is 2.84. The smallest absolute Gasteiger partial charge is 0.339 e. The molecule has 0 amide bonds. The molecule has 3 heterocycles. The largest absolute Gasteiger partial charge is 0.465 e. The zero-order valence-electron chi connectivity index (χ0n) is 17.6. The van der Waals surface area contributed by atoms with Crippen molar-refractivity contribution in [2.24, 2.45) is 0 Å². The maximum Gasteiger partial charge on any atom is 0.339 e. The van der Waals surface area contributed by atoms with Crippen molar-refractivity contribution in [2.75, 3.05) is 51.4 Å². The minimum atomic E-state index is -3.83. The molecule has 2 aliphatic heterocycles. The first kappa shape index (κ1) is 21.7. The molecule has 0 N–H and O–H groups in total. The Morgan fingerprint density at radius 2 is 1.77 bits per heavy atom. The molecule has 0 bridgehead atoms. The lowest BCUT2D eigenvalue weighted by Crippen LogP contribution is -2.42. The quantitative estimate of drug-likeness (QED) is 0.652. The summed E-state index contributed by atoms with van der Waals surface area (Å²) in [6.07, 6.45) is 3.20. The van der Waals surface area contributed by atoms with Crippen LogP contribution in [0.4, 0.5) is 5.82 Å². The summed E-state index contributed by atoms with van der Waals surface area (Å²) in [6.45, 7) is 2.63. The number of carbonyl (C=O) groups excluding carboxylic acids is 1. The molecule has 166 valence electrons. The van der Waals surface area contributed by atoms with Gasteiger partial charge in [0.05, 0.1) is 25.9 Å². The fourth-order valence-electron chi connectivity index (χ4n) is 4.17. The molecule has 0 unspecified atom stereocenters. The molecule has 0 spiro atoms. The van der Waals surface area contributed by atoms with Gasteiger partial charge in [0.15, 0.2) is 0 Å². The lowest BCUT2D eigenvalue weighted by molar-refractivity contribution is 0.0600. The molecule has 0 saturated carbocycles. The van der Waals surface area contributed by atoms with Crippen LogP contribution in [0.15, 0.2) is 47.5 Å².